The molecule has 10 heteroatoms. The number of amides is 1. The van der Waals surface area contributed by atoms with Gasteiger partial charge in [-0.1, -0.05) is 6.07 Å². The summed E-state index contributed by atoms with van der Waals surface area (Å²) < 4.78 is 51.1. The predicted octanol–water partition coefficient (Wildman–Crippen LogP) is 2.05. The second-order valence-electron chi connectivity index (χ2n) is 6.80. The summed E-state index contributed by atoms with van der Waals surface area (Å²) in [6, 6.07) is 3.96. The average molecular weight is 424 g/mol. The van der Waals surface area contributed by atoms with Gasteiger partial charge in [-0.2, -0.15) is 0 Å². The van der Waals surface area contributed by atoms with Gasteiger partial charge in [0.2, 0.25) is 10.0 Å². The number of halogens is 2. The zero-order valence-corrected chi connectivity index (χ0v) is 15.9. The number of primary sulfonamides is 1. The number of benzene rings is 2. The summed E-state index contributed by atoms with van der Waals surface area (Å²) in [4.78, 5) is 23.8. The molecule has 0 fully saturated rings. The van der Waals surface area contributed by atoms with Crippen molar-refractivity contribution in [1.82, 2.24) is 5.32 Å². The summed E-state index contributed by atoms with van der Waals surface area (Å²) in [6.45, 7) is 0. The Balaban J connectivity index is 1.97. The van der Waals surface area contributed by atoms with Gasteiger partial charge in [0.15, 0.2) is 0 Å². The summed E-state index contributed by atoms with van der Waals surface area (Å²) in [6.07, 6.45) is 1.15. The van der Waals surface area contributed by atoms with E-state index < -0.39 is 46.0 Å². The van der Waals surface area contributed by atoms with Crippen LogP contribution in [0.1, 0.15) is 45.9 Å². The van der Waals surface area contributed by atoms with Crippen LogP contribution in [0.4, 0.5) is 8.78 Å². The topological polar surface area (TPSA) is 127 Å². The first kappa shape index (κ1) is 20.9. The monoisotopic (exact) mass is 424 g/mol. The fourth-order valence-electron chi connectivity index (χ4n) is 3.49. The van der Waals surface area contributed by atoms with E-state index >= 15 is 0 Å². The molecule has 1 aliphatic rings. The molecular weight excluding hydrogens is 406 g/mol. The number of carbonyl (C=O) groups is 2. The van der Waals surface area contributed by atoms with Crippen molar-refractivity contribution in [2.45, 2.75) is 36.6 Å². The van der Waals surface area contributed by atoms with E-state index in [4.69, 9.17) is 10.2 Å². The summed E-state index contributed by atoms with van der Waals surface area (Å²) in [7, 11) is -4.07. The first-order valence-corrected chi connectivity index (χ1v) is 10.3. The lowest BCUT2D eigenvalue weighted by Gasteiger charge is -2.19. The molecule has 0 bridgehead atoms. The molecule has 29 heavy (non-hydrogen) atoms. The Labute approximate surface area is 165 Å². The van der Waals surface area contributed by atoms with Crippen molar-refractivity contribution < 1.29 is 31.9 Å². The maximum absolute atomic E-state index is 14.1. The van der Waals surface area contributed by atoms with Gasteiger partial charge in [0.05, 0.1) is 17.4 Å². The number of carboxylic acid groups (broad SMARTS) is 1. The number of carboxylic acids is 1. The van der Waals surface area contributed by atoms with Crippen molar-refractivity contribution in [1.29, 1.82) is 0 Å². The first-order chi connectivity index (χ1) is 13.6. The molecule has 2 aromatic rings. The molecule has 0 radical (unpaired) electrons. The number of aryl methyl sites for hydroxylation is 1. The molecule has 0 heterocycles. The number of sulfonamides is 1. The van der Waals surface area contributed by atoms with Crippen LogP contribution >= 0.6 is 0 Å². The molecule has 0 aliphatic heterocycles. The SMILES string of the molecule is NS(=O)(=O)c1cc(C(=O)N[C@H](CC(=O)O)c2ccc(F)cc2F)cc2c1CCC2. The van der Waals surface area contributed by atoms with Crippen molar-refractivity contribution in [2.75, 3.05) is 0 Å². The maximum Gasteiger partial charge on any atom is 0.305 e. The Morgan fingerprint density at radius 2 is 1.90 bits per heavy atom. The van der Waals surface area contributed by atoms with E-state index in [0.29, 0.717) is 36.5 Å². The van der Waals surface area contributed by atoms with Crippen molar-refractivity contribution in [2.24, 2.45) is 5.14 Å². The molecule has 0 saturated carbocycles. The Kier molecular flexibility index (Phi) is 5.67. The first-order valence-electron chi connectivity index (χ1n) is 8.72. The highest BCUT2D eigenvalue weighted by molar-refractivity contribution is 7.89. The molecule has 0 spiro atoms. The second kappa shape index (κ2) is 7.88. The molecule has 7 nitrogen and oxygen atoms in total. The van der Waals surface area contributed by atoms with Crippen LogP contribution in [0.15, 0.2) is 35.2 Å². The highest BCUT2D eigenvalue weighted by Gasteiger charge is 2.26. The molecular formula is C19H18F2N2O5S. The Bertz CT molecular complexity index is 1100. The van der Waals surface area contributed by atoms with Gasteiger partial charge < -0.3 is 10.4 Å². The third kappa shape index (κ3) is 4.60. The Morgan fingerprint density at radius 3 is 2.52 bits per heavy atom. The van der Waals surface area contributed by atoms with E-state index in [2.05, 4.69) is 5.32 Å². The lowest BCUT2D eigenvalue weighted by atomic mass is 10.0. The van der Waals surface area contributed by atoms with E-state index in [1.54, 1.807) is 0 Å². The van der Waals surface area contributed by atoms with Crippen LogP contribution in [0.3, 0.4) is 0 Å². The summed E-state index contributed by atoms with van der Waals surface area (Å²) >= 11 is 0. The van der Waals surface area contributed by atoms with E-state index in [9.17, 15) is 26.8 Å². The molecule has 0 saturated heterocycles. The molecule has 0 aromatic heterocycles. The number of carbonyl (C=O) groups excluding carboxylic acids is 1. The quantitative estimate of drug-likeness (QED) is 0.654. The molecule has 1 aliphatic carbocycles. The minimum Gasteiger partial charge on any atom is -0.481 e. The molecule has 1 atom stereocenters. The zero-order chi connectivity index (χ0) is 21.3. The van der Waals surface area contributed by atoms with Crippen molar-refractivity contribution in [3.05, 3.63) is 64.2 Å². The van der Waals surface area contributed by atoms with Crippen LogP contribution in [0.25, 0.3) is 0 Å². The van der Waals surface area contributed by atoms with E-state index in [0.717, 1.165) is 18.2 Å². The normalized spacial score (nSPS) is 14.3. The highest BCUT2D eigenvalue weighted by atomic mass is 32.2. The second-order valence-corrected chi connectivity index (χ2v) is 8.33. The lowest BCUT2D eigenvalue weighted by molar-refractivity contribution is -0.137. The number of nitrogens with two attached hydrogens (primary N) is 1. The Morgan fingerprint density at radius 1 is 1.17 bits per heavy atom. The molecule has 0 unspecified atom stereocenters. The summed E-state index contributed by atoms with van der Waals surface area (Å²) in [5.41, 5.74) is 1.00. The van der Waals surface area contributed by atoms with Gasteiger partial charge in [0, 0.05) is 17.2 Å². The van der Waals surface area contributed by atoms with Crippen LogP contribution < -0.4 is 10.5 Å². The van der Waals surface area contributed by atoms with Crippen molar-refractivity contribution in [3.8, 4) is 0 Å². The smallest absolute Gasteiger partial charge is 0.305 e. The third-order valence-corrected chi connectivity index (χ3v) is 5.74. The molecule has 1 amide bonds. The van der Waals surface area contributed by atoms with E-state index in [1.807, 2.05) is 0 Å². The zero-order valence-electron chi connectivity index (χ0n) is 15.1. The van der Waals surface area contributed by atoms with Crippen molar-refractivity contribution in [3.63, 3.8) is 0 Å². The summed E-state index contributed by atoms with van der Waals surface area (Å²) in [5, 5.41) is 16.8. The van der Waals surface area contributed by atoms with Gasteiger partial charge in [-0.15, -0.1) is 0 Å². The molecule has 4 N–H and O–H groups in total. The number of nitrogens with one attached hydrogen (secondary N) is 1. The van der Waals surface area contributed by atoms with Gasteiger partial charge >= 0.3 is 5.97 Å². The van der Waals surface area contributed by atoms with E-state index in [1.165, 1.54) is 6.07 Å². The number of hydrogen-bond acceptors (Lipinski definition) is 4. The number of hydrogen-bond donors (Lipinski definition) is 3. The minimum absolute atomic E-state index is 0.0346. The van der Waals surface area contributed by atoms with Gasteiger partial charge in [-0.3, -0.25) is 9.59 Å². The highest BCUT2D eigenvalue weighted by Crippen LogP contribution is 2.30. The standard InChI is InChI=1S/C19H18F2N2O5S/c20-12-4-5-14(15(21)8-12)16(9-18(24)25)23-19(26)11-6-10-2-1-3-13(10)17(7-11)29(22,27)28/h4-8,16H,1-3,9H2,(H,23,26)(H,24,25)(H2,22,27,28)/t16-/m1/s1. The van der Waals surface area contributed by atoms with Crippen LogP contribution in [-0.2, 0) is 27.7 Å². The van der Waals surface area contributed by atoms with E-state index in [-0.39, 0.29) is 16.0 Å². The number of rotatable bonds is 6. The van der Waals surface area contributed by atoms with Crippen LogP contribution in [0, 0.1) is 11.6 Å². The fourth-order valence-corrected chi connectivity index (χ4v) is 4.36. The predicted molar refractivity (Wildman–Crippen MR) is 98.7 cm³/mol. The fraction of sp³-hybridized carbons (Fsp3) is 0.263. The van der Waals surface area contributed by atoms with Gasteiger partial charge in [-0.05, 0) is 48.6 Å². The number of fused-ring (bicyclic) bond motifs is 1. The average Bonchev–Trinajstić information content (AvgIpc) is 3.07. The van der Waals surface area contributed by atoms with Gasteiger partial charge in [-0.25, -0.2) is 22.3 Å². The maximum atomic E-state index is 14.1. The summed E-state index contributed by atoms with van der Waals surface area (Å²) in [5.74, 6) is -3.95. The molecule has 2 aromatic carbocycles. The minimum atomic E-state index is -4.07. The van der Waals surface area contributed by atoms with Crippen LogP contribution in [-0.4, -0.2) is 25.4 Å². The molecule has 3 rings (SSSR count). The number of aliphatic carboxylic acids is 1. The van der Waals surface area contributed by atoms with Gasteiger partial charge in [0.1, 0.15) is 11.6 Å². The van der Waals surface area contributed by atoms with Crippen LogP contribution in [0.2, 0.25) is 0 Å². The molecule has 154 valence electrons. The Hall–Kier alpha value is -2.85. The van der Waals surface area contributed by atoms with Crippen molar-refractivity contribution >= 4 is 21.9 Å². The van der Waals surface area contributed by atoms with Gasteiger partial charge in [0.25, 0.3) is 5.91 Å². The van der Waals surface area contributed by atoms with Crippen LogP contribution in [0.5, 0.6) is 0 Å². The largest absolute Gasteiger partial charge is 0.481 e. The lowest BCUT2D eigenvalue weighted by Crippen LogP contribution is -2.31. The third-order valence-electron chi connectivity index (χ3n) is 4.76.